The third-order valence-corrected chi connectivity index (χ3v) is 13.0. The van der Waals surface area contributed by atoms with Gasteiger partial charge in [-0.2, -0.15) is 4.31 Å². The third-order valence-electron chi connectivity index (χ3n) is 9.51. The minimum atomic E-state index is -4.09. The van der Waals surface area contributed by atoms with Crippen LogP contribution < -0.4 is 10.8 Å². The van der Waals surface area contributed by atoms with Gasteiger partial charge in [0.15, 0.2) is 6.29 Å². The molecule has 1 saturated carbocycles. The van der Waals surface area contributed by atoms with Gasteiger partial charge in [-0.25, -0.2) is 23.5 Å². The van der Waals surface area contributed by atoms with E-state index >= 15 is 0 Å². The number of nitrogens with zero attached hydrogens (tertiary/aromatic N) is 2. The van der Waals surface area contributed by atoms with E-state index in [0.717, 1.165) is 60.9 Å². The fraction of sp³-hybridized carbons (Fsp3) is 0.471. The maximum atomic E-state index is 14.2. The van der Waals surface area contributed by atoms with Crippen molar-refractivity contribution < 1.29 is 27.6 Å². The zero-order chi connectivity index (χ0) is 31.7. The van der Waals surface area contributed by atoms with Crippen molar-refractivity contribution in [1.29, 1.82) is 0 Å². The van der Waals surface area contributed by atoms with Crippen LogP contribution in [-0.4, -0.2) is 74.2 Å². The average Bonchev–Trinajstić information content (AvgIpc) is 3.74. The van der Waals surface area contributed by atoms with Crippen LogP contribution in [0.25, 0.3) is 21.6 Å². The van der Waals surface area contributed by atoms with Crippen LogP contribution in [0.2, 0.25) is 0 Å². The molecule has 0 bridgehead atoms. The van der Waals surface area contributed by atoms with Gasteiger partial charge >= 0.3 is 6.03 Å². The van der Waals surface area contributed by atoms with Crippen LogP contribution in [-0.2, 0) is 30.8 Å². The molecule has 1 unspecified atom stereocenters. The Bertz CT molecular complexity index is 1700. The fourth-order valence-electron chi connectivity index (χ4n) is 7.07. The van der Waals surface area contributed by atoms with E-state index in [2.05, 4.69) is 29.0 Å². The summed E-state index contributed by atoms with van der Waals surface area (Å²) >= 11 is 1.20. The Kier molecular flexibility index (Phi) is 9.15. The van der Waals surface area contributed by atoms with Crippen LogP contribution in [0.1, 0.15) is 62.5 Å². The fourth-order valence-corrected chi connectivity index (χ4v) is 10.1. The van der Waals surface area contributed by atoms with Gasteiger partial charge in [0.05, 0.1) is 0 Å². The number of hydrogen-bond donors (Lipinski definition) is 2. The van der Waals surface area contributed by atoms with Gasteiger partial charge < -0.3 is 15.0 Å². The second-order valence-electron chi connectivity index (χ2n) is 12.5. The number of urea groups is 1. The van der Waals surface area contributed by atoms with Crippen LogP contribution in [0.3, 0.4) is 0 Å². The van der Waals surface area contributed by atoms with Crippen LogP contribution in [0, 0.1) is 0 Å². The normalized spacial score (nSPS) is 22.2. The molecule has 2 aromatic carbocycles. The highest BCUT2D eigenvalue weighted by atomic mass is 32.2. The molecule has 3 amide bonds. The molecule has 46 heavy (non-hydrogen) atoms. The molecule has 10 nitrogen and oxygen atoms in total. The van der Waals surface area contributed by atoms with E-state index in [1.165, 1.54) is 38.8 Å². The molecule has 7 rings (SSSR count). The first-order valence-corrected chi connectivity index (χ1v) is 18.6. The Hall–Kier alpha value is -3.29. The number of benzene rings is 2. The Morgan fingerprint density at radius 3 is 2.48 bits per heavy atom. The largest absolute Gasteiger partial charge is 0.350 e. The number of thiophene rings is 1. The first kappa shape index (κ1) is 31.3. The molecule has 2 aliphatic carbocycles. The lowest BCUT2D eigenvalue weighted by molar-refractivity contribution is -0.202. The molecule has 0 spiro atoms. The standard InChI is InChI=1S/C34H40N4O6S2/c39-33(36-44-30-15-6-7-20-43-30)28-22-37(34(40)35-25-11-2-1-3-12-25)18-19-38(28)46(41,42)31-17-16-29(45-31)27-14-8-10-24-21-23-9-4-5-13-26(23)32(24)27/h4-5,8-10,13-14,16-17,25,28,30H,1-3,6-7,11-12,15,18-22H2,(H,35,40)(H,36,39)/t28-,30?/m1/s1. The number of hydrogen-bond acceptors (Lipinski definition) is 7. The molecule has 2 saturated heterocycles. The molecule has 244 valence electrons. The summed E-state index contributed by atoms with van der Waals surface area (Å²) in [5.74, 6) is -0.623. The second-order valence-corrected chi connectivity index (χ2v) is 15.7. The predicted molar refractivity (Wildman–Crippen MR) is 175 cm³/mol. The lowest BCUT2D eigenvalue weighted by atomic mass is 9.96. The zero-order valence-electron chi connectivity index (χ0n) is 25.8. The SMILES string of the molecule is O=C(NOC1CCCCO1)[C@H]1CN(C(=O)NC2CCCCC2)CCN1S(=O)(=O)c1ccc(-c2cccc3c2-c2ccccc2C3)s1. The predicted octanol–water partition coefficient (Wildman–Crippen LogP) is 5.28. The molecule has 12 heteroatoms. The van der Waals surface area contributed by atoms with Crippen LogP contribution in [0.4, 0.5) is 4.79 Å². The summed E-state index contributed by atoms with van der Waals surface area (Å²) in [7, 11) is -4.09. The molecule has 3 heterocycles. The van der Waals surface area contributed by atoms with E-state index in [1.807, 2.05) is 30.3 Å². The Balaban J connectivity index is 1.13. The Morgan fingerprint density at radius 2 is 1.65 bits per heavy atom. The number of piperazine rings is 1. The van der Waals surface area contributed by atoms with Crippen LogP contribution >= 0.6 is 11.3 Å². The first-order valence-electron chi connectivity index (χ1n) is 16.3. The molecule has 2 N–H and O–H groups in total. The highest BCUT2D eigenvalue weighted by Gasteiger charge is 2.43. The van der Waals surface area contributed by atoms with Crippen molar-refractivity contribution in [2.24, 2.45) is 0 Å². The minimum absolute atomic E-state index is 0.0141. The number of rotatable bonds is 7. The average molecular weight is 665 g/mol. The molecule has 0 radical (unpaired) electrons. The molecule has 3 aromatic rings. The highest BCUT2D eigenvalue weighted by Crippen LogP contribution is 2.45. The topological polar surface area (TPSA) is 117 Å². The van der Waals surface area contributed by atoms with Crippen molar-refractivity contribution in [3.05, 3.63) is 65.7 Å². The number of fused-ring (bicyclic) bond motifs is 3. The molecular formula is C34H40N4O6S2. The number of carbonyl (C=O) groups excluding carboxylic acids is 2. The summed E-state index contributed by atoms with van der Waals surface area (Å²) in [5, 5.41) is 3.10. The van der Waals surface area contributed by atoms with Crippen molar-refractivity contribution in [3.8, 4) is 21.6 Å². The number of ether oxygens (including phenoxy) is 1. The van der Waals surface area contributed by atoms with Gasteiger partial charge in [0.2, 0.25) is 0 Å². The van der Waals surface area contributed by atoms with E-state index in [0.29, 0.717) is 13.0 Å². The summed E-state index contributed by atoms with van der Waals surface area (Å²) in [6, 6.07) is 16.6. The smallest absolute Gasteiger partial charge is 0.317 e. The zero-order valence-corrected chi connectivity index (χ0v) is 27.4. The quantitative estimate of drug-likeness (QED) is 0.260. The first-order chi connectivity index (χ1) is 22.4. The lowest BCUT2D eigenvalue weighted by Crippen LogP contribution is -2.63. The van der Waals surface area contributed by atoms with Crippen molar-refractivity contribution in [2.45, 2.75) is 80.4 Å². The van der Waals surface area contributed by atoms with Crippen molar-refractivity contribution >= 4 is 33.3 Å². The van der Waals surface area contributed by atoms with Gasteiger partial charge in [0, 0.05) is 43.6 Å². The molecular weight excluding hydrogens is 625 g/mol. The summed E-state index contributed by atoms with van der Waals surface area (Å²) < 4.78 is 35.5. The summed E-state index contributed by atoms with van der Waals surface area (Å²) in [5.41, 5.74) is 8.25. The van der Waals surface area contributed by atoms with Crippen LogP contribution in [0.5, 0.6) is 0 Å². The molecule has 2 aliphatic heterocycles. The minimum Gasteiger partial charge on any atom is -0.350 e. The Morgan fingerprint density at radius 1 is 0.870 bits per heavy atom. The van der Waals surface area contributed by atoms with Gasteiger partial charge in [-0.05, 0) is 72.1 Å². The van der Waals surface area contributed by atoms with E-state index in [1.54, 1.807) is 11.0 Å². The van der Waals surface area contributed by atoms with E-state index in [9.17, 15) is 18.0 Å². The summed E-state index contributed by atoms with van der Waals surface area (Å²) in [6.07, 6.45) is 7.90. The molecule has 4 aliphatic rings. The number of sulfonamides is 1. The van der Waals surface area contributed by atoms with Gasteiger partial charge in [0.1, 0.15) is 10.3 Å². The van der Waals surface area contributed by atoms with E-state index in [4.69, 9.17) is 9.57 Å². The van der Waals surface area contributed by atoms with E-state index < -0.39 is 28.3 Å². The number of nitrogens with one attached hydrogen (secondary N) is 2. The van der Waals surface area contributed by atoms with E-state index in [-0.39, 0.29) is 35.9 Å². The molecule has 3 fully saturated rings. The Labute approximate surface area is 274 Å². The highest BCUT2D eigenvalue weighted by molar-refractivity contribution is 7.91. The van der Waals surface area contributed by atoms with Crippen molar-refractivity contribution in [2.75, 3.05) is 26.2 Å². The van der Waals surface area contributed by atoms with Crippen molar-refractivity contribution in [1.82, 2.24) is 20.0 Å². The van der Waals surface area contributed by atoms with Crippen LogP contribution in [0.15, 0.2) is 58.8 Å². The number of amides is 3. The van der Waals surface area contributed by atoms with Gasteiger partial charge in [-0.1, -0.05) is 61.7 Å². The van der Waals surface area contributed by atoms with Gasteiger partial charge in [0.25, 0.3) is 15.9 Å². The second kappa shape index (κ2) is 13.4. The number of hydroxylamine groups is 1. The lowest BCUT2D eigenvalue weighted by Gasteiger charge is -2.40. The van der Waals surface area contributed by atoms with Gasteiger partial charge in [-0.15, -0.1) is 11.3 Å². The monoisotopic (exact) mass is 664 g/mol. The summed E-state index contributed by atoms with van der Waals surface area (Å²) in [4.78, 5) is 34.8. The number of carbonyl (C=O) groups is 2. The maximum Gasteiger partial charge on any atom is 0.317 e. The van der Waals surface area contributed by atoms with Crippen molar-refractivity contribution in [3.63, 3.8) is 0 Å². The molecule has 2 atom stereocenters. The summed E-state index contributed by atoms with van der Waals surface area (Å²) in [6.45, 7) is 0.616. The molecule has 1 aromatic heterocycles. The maximum absolute atomic E-state index is 14.2. The van der Waals surface area contributed by atoms with Gasteiger partial charge in [-0.3, -0.25) is 4.79 Å². The third kappa shape index (κ3) is 6.33.